The lowest BCUT2D eigenvalue weighted by Gasteiger charge is -2.17. The highest BCUT2D eigenvalue weighted by molar-refractivity contribution is 6.37. The quantitative estimate of drug-likeness (QED) is 0.570. The first-order valence-corrected chi connectivity index (χ1v) is 6.64. The van der Waals surface area contributed by atoms with Crippen LogP contribution in [0.5, 0.6) is 11.5 Å². The van der Waals surface area contributed by atoms with Crippen LogP contribution in [0.15, 0.2) is 18.2 Å². The summed E-state index contributed by atoms with van der Waals surface area (Å²) in [4.78, 5) is 28.8. The van der Waals surface area contributed by atoms with Crippen molar-refractivity contribution in [2.75, 3.05) is 21.0 Å². The molecule has 122 valence electrons. The van der Waals surface area contributed by atoms with Gasteiger partial charge in [0.25, 0.3) is 0 Å². The van der Waals surface area contributed by atoms with Crippen molar-refractivity contribution < 1.29 is 38.3 Å². The Morgan fingerprint density at radius 1 is 1.26 bits per heavy atom. The van der Waals surface area contributed by atoms with Crippen molar-refractivity contribution in [2.45, 2.75) is 12.0 Å². The standard InChI is InChI=1S/C14H13NO8/c1-19-13(16)10-9(12(14(17)20-2)23-15(10)18)7-4-3-5-8-11(7)22-6-21-8/h3-5,9,12H,6H2,1-2H3. The number of carbonyl (C=O) groups is 2. The van der Waals surface area contributed by atoms with Crippen molar-refractivity contribution in [3.05, 3.63) is 29.0 Å². The number of hydrogen-bond acceptors (Lipinski definition) is 8. The van der Waals surface area contributed by atoms with Gasteiger partial charge in [-0.1, -0.05) is 12.1 Å². The van der Waals surface area contributed by atoms with Crippen LogP contribution < -0.4 is 9.47 Å². The number of fused-ring (bicyclic) bond motifs is 1. The van der Waals surface area contributed by atoms with E-state index in [0.29, 0.717) is 17.1 Å². The number of carbonyl (C=O) groups excluding carboxylic acids is 2. The Bertz CT molecular complexity index is 698. The number of ether oxygens (including phenoxy) is 4. The molecule has 0 amide bonds. The highest BCUT2D eigenvalue weighted by Gasteiger charge is 2.51. The lowest BCUT2D eigenvalue weighted by atomic mass is 9.88. The van der Waals surface area contributed by atoms with E-state index < -0.39 is 24.0 Å². The molecule has 0 aromatic heterocycles. The van der Waals surface area contributed by atoms with Gasteiger partial charge in [-0.05, 0) is 6.07 Å². The summed E-state index contributed by atoms with van der Waals surface area (Å²) in [6.45, 7) is -0.00252. The summed E-state index contributed by atoms with van der Waals surface area (Å²) in [7, 11) is 2.28. The molecule has 0 radical (unpaired) electrons. The van der Waals surface area contributed by atoms with Gasteiger partial charge in [0.2, 0.25) is 6.79 Å². The van der Waals surface area contributed by atoms with Gasteiger partial charge in [-0.15, -0.1) is 0 Å². The molecule has 23 heavy (non-hydrogen) atoms. The monoisotopic (exact) mass is 323 g/mol. The molecule has 0 saturated carbocycles. The van der Waals surface area contributed by atoms with Gasteiger partial charge in [0.15, 0.2) is 17.6 Å². The molecule has 0 spiro atoms. The molecule has 0 aliphatic carbocycles. The molecule has 2 aliphatic heterocycles. The molecule has 2 unspecified atom stereocenters. The van der Waals surface area contributed by atoms with E-state index in [1.807, 2.05) is 0 Å². The summed E-state index contributed by atoms with van der Waals surface area (Å²) in [5, 5.41) is 12.0. The molecule has 3 rings (SSSR count). The lowest BCUT2D eigenvalue weighted by Crippen LogP contribution is -2.33. The van der Waals surface area contributed by atoms with Gasteiger partial charge in [-0.3, -0.25) is 10.0 Å². The molecule has 2 aliphatic rings. The van der Waals surface area contributed by atoms with Crippen LogP contribution in [0.3, 0.4) is 0 Å². The number of rotatable bonds is 3. The van der Waals surface area contributed by atoms with Crippen molar-refractivity contribution in [3.63, 3.8) is 0 Å². The maximum atomic E-state index is 12.0. The molecule has 9 heteroatoms. The Hall–Kier alpha value is -2.97. The van der Waals surface area contributed by atoms with E-state index in [9.17, 15) is 14.8 Å². The second-order valence-electron chi connectivity index (χ2n) is 4.74. The van der Waals surface area contributed by atoms with Crippen LogP contribution in [0.2, 0.25) is 0 Å². The van der Waals surface area contributed by atoms with Crippen molar-refractivity contribution in [2.24, 2.45) is 0 Å². The molecule has 0 N–H and O–H groups in total. The lowest BCUT2D eigenvalue weighted by molar-refractivity contribution is -0.736. The molecule has 0 bridgehead atoms. The predicted octanol–water partition coefficient (Wildman–Crippen LogP) is 0.110. The second-order valence-corrected chi connectivity index (χ2v) is 4.74. The Morgan fingerprint density at radius 3 is 2.74 bits per heavy atom. The summed E-state index contributed by atoms with van der Waals surface area (Å²) in [6, 6.07) is 4.93. The highest BCUT2D eigenvalue weighted by Crippen LogP contribution is 2.42. The zero-order valence-electron chi connectivity index (χ0n) is 12.3. The Labute approximate surface area is 130 Å². The Balaban J connectivity index is 2.12. The average Bonchev–Trinajstić information content (AvgIpc) is 3.17. The van der Waals surface area contributed by atoms with Gasteiger partial charge < -0.3 is 23.8 Å². The minimum absolute atomic E-state index is 0.00252. The van der Waals surface area contributed by atoms with Gasteiger partial charge in [-0.25, -0.2) is 4.79 Å². The van der Waals surface area contributed by atoms with Crippen LogP contribution in [0.1, 0.15) is 11.5 Å². The molecule has 2 atom stereocenters. The third kappa shape index (κ3) is 2.30. The van der Waals surface area contributed by atoms with Crippen molar-refractivity contribution in [3.8, 4) is 11.5 Å². The zero-order chi connectivity index (χ0) is 16.6. The van der Waals surface area contributed by atoms with E-state index in [0.717, 1.165) is 14.2 Å². The smallest absolute Gasteiger partial charge is 0.405 e. The average molecular weight is 323 g/mol. The number of nitrogens with zero attached hydrogens (tertiary/aromatic N) is 1. The molecule has 1 aromatic carbocycles. The minimum atomic E-state index is -1.33. The first kappa shape index (κ1) is 14.9. The predicted molar refractivity (Wildman–Crippen MR) is 72.8 cm³/mol. The van der Waals surface area contributed by atoms with Gasteiger partial charge in [0, 0.05) is 5.56 Å². The number of hydrogen-bond donors (Lipinski definition) is 0. The minimum Gasteiger partial charge on any atom is -0.468 e. The van der Waals surface area contributed by atoms with Crippen LogP contribution in [0.4, 0.5) is 0 Å². The fourth-order valence-electron chi connectivity index (χ4n) is 2.59. The van der Waals surface area contributed by atoms with Gasteiger partial charge in [0.05, 0.1) is 19.1 Å². The van der Waals surface area contributed by atoms with Gasteiger partial charge in [0.1, 0.15) is 5.92 Å². The Morgan fingerprint density at radius 2 is 2.04 bits per heavy atom. The van der Waals surface area contributed by atoms with Crippen LogP contribution in [-0.4, -0.2) is 49.7 Å². The third-order valence-corrected chi connectivity index (χ3v) is 3.59. The fraction of sp³-hybridized carbons (Fsp3) is 0.357. The number of para-hydroxylation sites is 1. The van der Waals surface area contributed by atoms with Crippen molar-refractivity contribution in [1.29, 1.82) is 0 Å². The topological polar surface area (TPSA) is 106 Å². The zero-order valence-corrected chi connectivity index (χ0v) is 12.3. The van der Waals surface area contributed by atoms with E-state index in [4.69, 9.17) is 14.3 Å². The Kier molecular flexibility index (Phi) is 3.68. The van der Waals surface area contributed by atoms with Crippen molar-refractivity contribution >= 4 is 17.7 Å². The van der Waals surface area contributed by atoms with E-state index in [1.165, 1.54) is 0 Å². The molecule has 0 saturated heterocycles. The second kappa shape index (κ2) is 5.67. The number of esters is 2. The highest BCUT2D eigenvalue weighted by atomic mass is 16.9. The summed E-state index contributed by atoms with van der Waals surface area (Å²) >= 11 is 0. The summed E-state index contributed by atoms with van der Waals surface area (Å²) in [6.07, 6.45) is -1.33. The largest absolute Gasteiger partial charge is 0.468 e. The van der Waals surface area contributed by atoms with E-state index in [-0.39, 0.29) is 17.4 Å². The molecule has 2 heterocycles. The molecule has 1 aromatic rings. The normalized spacial score (nSPS) is 21.8. The maximum Gasteiger partial charge on any atom is 0.405 e. The summed E-state index contributed by atoms with van der Waals surface area (Å²) in [5.41, 5.74) is 0.0287. The van der Waals surface area contributed by atoms with Crippen LogP contribution in [-0.2, 0) is 23.9 Å². The van der Waals surface area contributed by atoms with Gasteiger partial charge >= 0.3 is 17.7 Å². The first-order valence-electron chi connectivity index (χ1n) is 6.64. The van der Waals surface area contributed by atoms with Gasteiger partial charge in [-0.2, -0.15) is 0 Å². The number of benzene rings is 1. The summed E-state index contributed by atoms with van der Waals surface area (Å²) in [5.74, 6) is -1.96. The van der Waals surface area contributed by atoms with Crippen molar-refractivity contribution in [1.82, 2.24) is 0 Å². The summed E-state index contributed by atoms with van der Waals surface area (Å²) < 4.78 is 19.9. The number of methoxy groups -OCH3 is 2. The molecular weight excluding hydrogens is 310 g/mol. The van der Waals surface area contributed by atoms with Crippen LogP contribution in [0.25, 0.3) is 0 Å². The first-order chi connectivity index (χ1) is 11.1. The molecule has 0 fully saturated rings. The fourth-order valence-corrected chi connectivity index (χ4v) is 2.59. The maximum absolute atomic E-state index is 12.0. The third-order valence-electron chi connectivity index (χ3n) is 3.59. The van der Waals surface area contributed by atoms with Crippen LogP contribution in [0, 0.1) is 5.21 Å². The molecular formula is C14H13NO8. The van der Waals surface area contributed by atoms with E-state index >= 15 is 0 Å². The SMILES string of the molecule is COC(=O)C1=[N+]([O-])OC(C(=O)OC)C1c1cccc2c1OCO2. The van der Waals surface area contributed by atoms with Crippen LogP contribution >= 0.6 is 0 Å². The van der Waals surface area contributed by atoms with E-state index in [2.05, 4.69) is 9.47 Å². The van der Waals surface area contributed by atoms with E-state index in [1.54, 1.807) is 18.2 Å². The molecule has 9 nitrogen and oxygen atoms in total.